The van der Waals surface area contributed by atoms with E-state index in [4.69, 9.17) is 4.74 Å². The van der Waals surface area contributed by atoms with Crippen LogP contribution in [-0.4, -0.2) is 42.2 Å². The Morgan fingerprint density at radius 1 is 1.10 bits per heavy atom. The molecule has 2 rings (SSSR count). The van der Waals surface area contributed by atoms with Gasteiger partial charge in [-0.15, -0.1) is 11.8 Å². The lowest BCUT2D eigenvalue weighted by atomic mass is 10.1. The molecule has 1 atom stereocenters. The Labute approximate surface area is 190 Å². The highest BCUT2D eigenvalue weighted by atomic mass is 32.2. The van der Waals surface area contributed by atoms with Gasteiger partial charge >= 0.3 is 0 Å². The van der Waals surface area contributed by atoms with Crippen LogP contribution < -0.4 is 10.1 Å². The van der Waals surface area contributed by atoms with Gasteiger partial charge in [-0.1, -0.05) is 55.8 Å². The molecule has 2 amide bonds. The van der Waals surface area contributed by atoms with E-state index in [9.17, 15) is 9.59 Å². The summed E-state index contributed by atoms with van der Waals surface area (Å²) in [6.45, 7) is 7.04. The Balaban J connectivity index is 2.11. The molecule has 1 unspecified atom stereocenters. The van der Waals surface area contributed by atoms with E-state index in [1.807, 2.05) is 44.2 Å². The van der Waals surface area contributed by atoms with E-state index < -0.39 is 6.04 Å². The Bertz CT molecular complexity index is 839. The lowest BCUT2D eigenvalue weighted by Gasteiger charge is -2.30. The maximum absolute atomic E-state index is 13.2. The summed E-state index contributed by atoms with van der Waals surface area (Å²) in [6, 6.07) is 15.5. The van der Waals surface area contributed by atoms with Crippen molar-refractivity contribution < 1.29 is 14.3 Å². The first-order chi connectivity index (χ1) is 15.0. The van der Waals surface area contributed by atoms with Crippen LogP contribution in [0.15, 0.2) is 48.5 Å². The van der Waals surface area contributed by atoms with Gasteiger partial charge in [-0.2, -0.15) is 0 Å². The highest BCUT2D eigenvalue weighted by molar-refractivity contribution is 7.99. The summed E-state index contributed by atoms with van der Waals surface area (Å²) in [6.07, 6.45) is 1.43. The number of hydrogen-bond donors (Lipinski definition) is 1. The van der Waals surface area contributed by atoms with Gasteiger partial charge in [0.2, 0.25) is 11.8 Å². The molecule has 2 aromatic rings. The SMILES string of the molecule is CCCNC(=O)C(CC)N(Cc1ccc(OC)cc1)C(=O)CSCc1cccc(C)c1. The fourth-order valence-corrected chi connectivity index (χ4v) is 4.21. The van der Waals surface area contributed by atoms with E-state index >= 15 is 0 Å². The van der Waals surface area contributed by atoms with Gasteiger partial charge in [0.05, 0.1) is 12.9 Å². The molecular weight excluding hydrogens is 408 g/mol. The molecule has 0 spiro atoms. The van der Waals surface area contributed by atoms with Crippen LogP contribution in [0.3, 0.4) is 0 Å². The van der Waals surface area contributed by atoms with Crippen LogP contribution in [0, 0.1) is 6.92 Å². The monoisotopic (exact) mass is 442 g/mol. The molecule has 31 heavy (non-hydrogen) atoms. The summed E-state index contributed by atoms with van der Waals surface area (Å²) in [7, 11) is 1.63. The highest BCUT2D eigenvalue weighted by Crippen LogP contribution is 2.19. The Morgan fingerprint density at radius 3 is 2.45 bits per heavy atom. The van der Waals surface area contributed by atoms with Gasteiger partial charge in [-0.25, -0.2) is 0 Å². The van der Waals surface area contributed by atoms with Crippen molar-refractivity contribution in [1.29, 1.82) is 0 Å². The third kappa shape index (κ3) is 7.94. The number of nitrogens with one attached hydrogen (secondary N) is 1. The zero-order valence-electron chi connectivity index (χ0n) is 19.0. The molecule has 5 nitrogen and oxygen atoms in total. The minimum atomic E-state index is -0.485. The predicted octanol–water partition coefficient (Wildman–Crippen LogP) is 4.57. The van der Waals surface area contributed by atoms with Crippen molar-refractivity contribution in [2.75, 3.05) is 19.4 Å². The predicted molar refractivity (Wildman–Crippen MR) is 128 cm³/mol. The van der Waals surface area contributed by atoms with Gasteiger partial charge < -0.3 is 15.0 Å². The van der Waals surface area contributed by atoms with Crippen molar-refractivity contribution in [3.63, 3.8) is 0 Å². The second-order valence-corrected chi connectivity index (χ2v) is 8.55. The average molecular weight is 443 g/mol. The largest absolute Gasteiger partial charge is 0.497 e. The zero-order chi connectivity index (χ0) is 22.6. The molecule has 6 heteroatoms. The van der Waals surface area contributed by atoms with E-state index in [1.165, 1.54) is 11.1 Å². The molecule has 0 saturated heterocycles. The number of rotatable bonds is 12. The highest BCUT2D eigenvalue weighted by Gasteiger charge is 2.28. The van der Waals surface area contributed by atoms with Crippen molar-refractivity contribution in [2.45, 2.75) is 52.0 Å². The number of methoxy groups -OCH3 is 1. The second kappa shape index (κ2) is 13.1. The topological polar surface area (TPSA) is 58.6 Å². The van der Waals surface area contributed by atoms with Crippen LogP contribution in [0.2, 0.25) is 0 Å². The van der Waals surface area contributed by atoms with Crippen LogP contribution in [0.5, 0.6) is 5.75 Å². The van der Waals surface area contributed by atoms with Crippen LogP contribution in [-0.2, 0) is 21.9 Å². The molecule has 0 aliphatic heterocycles. The van der Waals surface area contributed by atoms with Crippen molar-refractivity contribution >= 4 is 23.6 Å². The molecule has 0 fully saturated rings. The van der Waals surface area contributed by atoms with E-state index in [0.717, 1.165) is 23.5 Å². The lowest BCUT2D eigenvalue weighted by Crippen LogP contribution is -2.49. The van der Waals surface area contributed by atoms with Crippen molar-refractivity contribution in [2.24, 2.45) is 0 Å². The maximum Gasteiger partial charge on any atom is 0.242 e. The fourth-order valence-electron chi connectivity index (χ4n) is 3.35. The molecule has 1 N–H and O–H groups in total. The molecular formula is C25H34N2O3S. The van der Waals surface area contributed by atoms with Crippen LogP contribution in [0.4, 0.5) is 0 Å². The van der Waals surface area contributed by atoms with E-state index in [2.05, 4.69) is 30.4 Å². The summed E-state index contributed by atoms with van der Waals surface area (Å²) in [4.78, 5) is 27.7. The van der Waals surface area contributed by atoms with Crippen LogP contribution in [0.1, 0.15) is 43.4 Å². The first kappa shape index (κ1) is 24.8. The number of carbonyl (C=O) groups excluding carboxylic acids is 2. The second-order valence-electron chi connectivity index (χ2n) is 7.57. The summed E-state index contributed by atoms with van der Waals surface area (Å²) in [5.74, 6) is 1.76. The zero-order valence-corrected chi connectivity index (χ0v) is 19.8. The number of thioether (sulfide) groups is 1. The smallest absolute Gasteiger partial charge is 0.242 e. The van der Waals surface area contributed by atoms with Crippen molar-refractivity contribution in [1.82, 2.24) is 10.2 Å². The standard InChI is InChI=1S/C25H34N2O3S/c1-5-14-26-25(29)23(6-2)27(16-20-10-12-22(30-4)13-11-20)24(28)18-31-17-21-9-7-8-19(3)15-21/h7-13,15,23H,5-6,14,16-18H2,1-4H3,(H,26,29). The molecule has 0 aromatic heterocycles. The minimum Gasteiger partial charge on any atom is -0.497 e. The fraction of sp³-hybridized carbons (Fsp3) is 0.440. The van der Waals surface area contributed by atoms with Gasteiger partial charge in [-0.05, 0) is 43.0 Å². The third-order valence-electron chi connectivity index (χ3n) is 5.02. The molecule has 0 aliphatic rings. The van der Waals surface area contributed by atoms with Crippen molar-refractivity contribution in [3.05, 3.63) is 65.2 Å². The minimum absolute atomic E-state index is 0.0213. The van der Waals surface area contributed by atoms with Crippen molar-refractivity contribution in [3.8, 4) is 5.75 Å². The number of amides is 2. The molecule has 2 aromatic carbocycles. The van der Waals surface area contributed by atoms with E-state index in [-0.39, 0.29) is 11.8 Å². The lowest BCUT2D eigenvalue weighted by molar-refractivity contribution is -0.139. The molecule has 0 bridgehead atoms. The number of hydrogen-bond acceptors (Lipinski definition) is 4. The summed E-state index contributed by atoms with van der Waals surface area (Å²) >= 11 is 1.58. The van der Waals surface area contributed by atoms with E-state index in [0.29, 0.717) is 25.3 Å². The van der Waals surface area contributed by atoms with Gasteiger partial charge in [-0.3, -0.25) is 9.59 Å². The number of carbonyl (C=O) groups is 2. The number of benzene rings is 2. The van der Waals surface area contributed by atoms with Gasteiger partial charge in [0.1, 0.15) is 11.8 Å². The molecule has 0 aliphatic carbocycles. The van der Waals surface area contributed by atoms with Gasteiger partial charge in [0.25, 0.3) is 0 Å². The Hall–Kier alpha value is -2.47. The third-order valence-corrected chi connectivity index (χ3v) is 6.01. The van der Waals surface area contributed by atoms with Gasteiger partial charge in [0, 0.05) is 18.8 Å². The molecule has 0 heterocycles. The number of aryl methyl sites for hydroxylation is 1. The quantitative estimate of drug-likeness (QED) is 0.523. The number of ether oxygens (including phenoxy) is 1. The van der Waals surface area contributed by atoms with E-state index in [1.54, 1.807) is 23.8 Å². The van der Waals surface area contributed by atoms with Gasteiger partial charge in [0.15, 0.2) is 0 Å². The number of nitrogens with zero attached hydrogens (tertiary/aromatic N) is 1. The maximum atomic E-state index is 13.2. The average Bonchev–Trinajstić information content (AvgIpc) is 2.78. The first-order valence-electron chi connectivity index (χ1n) is 10.8. The first-order valence-corrected chi connectivity index (χ1v) is 12.0. The summed E-state index contributed by atoms with van der Waals surface area (Å²) in [5, 5.41) is 2.95. The molecule has 0 radical (unpaired) electrons. The molecule has 0 saturated carbocycles. The van der Waals surface area contributed by atoms with Crippen LogP contribution >= 0.6 is 11.8 Å². The Morgan fingerprint density at radius 2 is 1.84 bits per heavy atom. The summed E-state index contributed by atoms with van der Waals surface area (Å²) < 4.78 is 5.23. The normalized spacial score (nSPS) is 11.6. The summed E-state index contributed by atoms with van der Waals surface area (Å²) in [5.41, 5.74) is 3.39. The Kier molecular flexibility index (Phi) is 10.4. The molecule has 168 valence electrons. The van der Waals surface area contributed by atoms with Crippen LogP contribution in [0.25, 0.3) is 0 Å².